The highest BCUT2D eigenvalue weighted by atomic mass is 16.6. The van der Waals surface area contributed by atoms with Gasteiger partial charge >= 0.3 is 5.69 Å². The summed E-state index contributed by atoms with van der Waals surface area (Å²) in [6.07, 6.45) is 2.62. The number of fused-ring (bicyclic) bond motifs is 6. The molecular weight excluding hydrogens is 360 g/mol. The lowest BCUT2D eigenvalue weighted by Crippen LogP contribution is -2.34. The lowest BCUT2D eigenvalue weighted by molar-refractivity contribution is -0.383. The lowest BCUT2D eigenvalue weighted by Gasteiger charge is -2.26. The number of hydrogen-bond acceptors (Lipinski definition) is 5. The van der Waals surface area contributed by atoms with Crippen LogP contribution in [0.5, 0.6) is 5.88 Å². The molecule has 28 heavy (non-hydrogen) atoms. The molecule has 8 heteroatoms. The van der Waals surface area contributed by atoms with Gasteiger partial charge in [0.1, 0.15) is 5.69 Å². The molecule has 1 fully saturated rings. The third-order valence-corrected chi connectivity index (χ3v) is 5.84. The first kappa shape index (κ1) is 16.8. The van der Waals surface area contributed by atoms with Gasteiger partial charge in [-0.3, -0.25) is 19.6 Å². The topological polar surface area (TPSA) is 93.5 Å². The summed E-state index contributed by atoms with van der Waals surface area (Å²) in [4.78, 5) is 26.3. The van der Waals surface area contributed by atoms with E-state index < -0.39 is 4.92 Å². The highest BCUT2D eigenvalue weighted by molar-refractivity contribution is 5.97. The molecule has 1 saturated heterocycles. The maximum atomic E-state index is 13.2. The van der Waals surface area contributed by atoms with Crippen LogP contribution in [0.15, 0.2) is 53.8 Å². The standard InChI is InChI=1S/C20H18N4O4/c1-2-9-21-11-12-10-17(21)18-19(25)23(20(26)22(12)18)15-7-8-16(24(27)28)14-6-4-3-5-13(14)15/h2-8,12,17,25H,1,9-11H2/t12-,17?/m0/s1. The second-order valence-electron chi connectivity index (χ2n) is 7.25. The van der Waals surface area contributed by atoms with Crippen molar-refractivity contribution in [3.8, 4) is 11.6 Å². The maximum absolute atomic E-state index is 13.2. The summed E-state index contributed by atoms with van der Waals surface area (Å²) in [5.41, 5.74) is 0.721. The molecule has 2 aliphatic rings. The summed E-state index contributed by atoms with van der Waals surface area (Å²) in [7, 11) is 0. The minimum Gasteiger partial charge on any atom is -0.493 e. The highest BCUT2D eigenvalue weighted by Gasteiger charge is 2.47. The highest BCUT2D eigenvalue weighted by Crippen LogP contribution is 2.48. The number of aromatic hydroxyl groups is 1. The summed E-state index contributed by atoms with van der Waals surface area (Å²) in [6, 6.07) is 9.76. The van der Waals surface area contributed by atoms with Crippen LogP contribution >= 0.6 is 0 Å². The Bertz CT molecular complexity index is 1210. The monoisotopic (exact) mass is 378 g/mol. The van der Waals surface area contributed by atoms with Gasteiger partial charge in [0.05, 0.1) is 28.1 Å². The van der Waals surface area contributed by atoms with E-state index in [0.717, 1.165) is 13.0 Å². The van der Waals surface area contributed by atoms with E-state index in [1.165, 1.54) is 16.7 Å². The van der Waals surface area contributed by atoms with Crippen LogP contribution in [-0.2, 0) is 0 Å². The number of likely N-dealkylation sites (tertiary alicyclic amines) is 1. The number of nitro benzene ring substituents is 1. The van der Waals surface area contributed by atoms with Crippen molar-refractivity contribution in [2.75, 3.05) is 13.1 Å². The Morgan fingerprint density at radius 3 is 2.71 bits per heavy atom. The van der Waals surface area contributed by atoms with Gasteiger partial charge in [0, 0.05) is 24.5 Å². The Balaban J connectivity index is 1.75. The van der Waals surface area contributed by atoms with Crippen LogP contribution < -0.4 is 5.69 Å². The second-order valence-corrected chi connectivity index (χ2v) is 7.25. The van der Waals surface area contributed by atoms with Gasteiger partial charge in [-0.2, -0.15) is 0 Å². The molecule has 2 aliphatic heterocycles. The second kappa shape index (κ2) is 5.80. The fraction of sp³-hybridized carbons (Fsp3) is 0.250. The smallest absolute Gasteiger partial charge is 0.336 e. The van der Waals surface area contributed by atoms with Crippen molar-refractivity contribution in [2.24, 2.45) is 0 Å². The summed E-state index contributed by atoms with van der Waals surface area (Å²) in [5.74, 6) is -0.0923. The molecule has 2 aromatic carbocycles. The molecule has 5 rings (SSSR count). The van der Waals surface area contributed by atoms with Crippen molar-refractivity contribution < 1.29 is 10.0 Å². The van der Waals surface area contributed by atoms with Gasteiger partial charge in [-0.1, -0.05) is 24.3 Å². The number of benzene rings is 2. The van der Waals surface area contributed by atoms with Crippen LogP contribution in [0.3, 0.4) is 0 Å². The third-order valence-electron chi connectivity index (χ3n) is 5.84. The fourth-order valence-corrected chi connectivity index (χ4v) is 4.74. The molecule has 2 atom stereocenters. The fourth-order valence-electron chi connectivity index (χ4n) is 4.74. The van der Waals surface area contributed by atoms with Crippen LogP contribution in [0, 0.1) is 10.1 Å². The van der Waals surface area contributed by atoms with Crippen molar-refractivity contribution in [1.82, 2.24) is 14.0 Å². The summed E-state index contributed by atoms with van der Waals surface area (Å²) in [6.45, 7) is 5.22. The summed E-state index contributed by atoms with van der Waals surface area (Å²) in [5, 5.41) is 23.3. The molecular formula is C20H18N4O4. The zero-order chi connectivity index (χ0) is 19.6. The van der Waals surface area contributed by atoms with E-state index >= 15 is 0 Å². The Hall–Kier alpha value is -3.39. The molecule has 1 N–H and O–H groups in total. The van der Waals surface area contributed by atoms with E-state index in [0.29, 0.717) is 28.7 Å². The van der Waals surface area contributed by atoms with Crippen molar-refractivity contribution in [3.63, 3.8) is 0 Å². The van der Waals surface area contributed by atoms with Gasteiger partial charge in [0.15, 0.2) is 0 Å². The number of non-ortho nitro benzene ring substituents is 1. The van der Waals surface area contributed by atoms with Gasteiger partial charge in [0.25, 0.3) is 5.69 Å². The Morgan fingerprint density at radius 1 is 1.25 bits per heavy atom. The zero-order valence-electron chi connectivity index (χ0n) is 15.0. The van der Waals surface area contributed by atoms with E-state index in [2.05, 4.69) is 11.5 Å². The summed E-state index contributed by atoms with van der Waals surface area (Å²) >= 11 is 0. The van der Waals surface area contributed by atoms with E-state index in [-0.39, 0.29) is 29.3 Å². The number of nitrogens with zero attached hydrogens (tertiary/aromatic N) is 4. The van der Waals surface area contributed by atoms with Crippen LogP contribution in [0.2, 0.25) is 0 Å². The van der Waals surface area contributed by atoms with E-state index in [9.17, 15) is 20.0 Å². The van der Waals surface area contributed by atoms with Gasteiger partial charge in [-0.15, -0.1) is 6.58 Å². The minimum absolute atomic E-state index is 0.0175. The van der Waals surface area contributed by atoms with Crippen molar-refractivity contribution >= 4 is 16.5 Å². The normalized spacial score (nSPS) is 20.6. The number of hydrogen-bond donors (Lipinski definition) is 1. The number of aromatic nitrogens is 2. The first-order chi connectivity index (χ1) is 13.5. The molecule has 3 aromatic rings. The molecule has 142 valence electrons. The molecule has 1 aromatic heterocycles. The molecule has 0 radical (unpaired) electrons. The van der Waals surface area contributed by atoms with E-state index in [1.807, 2.05) is 6.08 Å². The van der Waals surface area contributed by atoms with Crippen molar-refractivity contribution in [2.45, 2.75) is 18.5 Å². The minimum atomic E-state index is -0.443. The zero-order valence-corrected chi connectivity index (χ0v) is 15.0. The van der Waals surface area contributed by atoms with Crippen LogP contribution in [0.25, 0.3) is 16.5 Å². The summed E-state index contributed by atoms with van der Waals surface area (Å²) < 4.78 is 2.95. The van der Waals surface area contributed by atoms with Crippen molar-refractivity contribution in [3.05, 3.63) is 75.3 Å². The van der Waals surface area contributed by atoms with Gasteiger partial charge in [-0.05, 0) is 18.6 Å². The molecule has 3 heterocycles. The number of nitro groups is 1. The maximum Gasteiger partial charge on any atom is 0.336 e. The Morgan fingerprint density at radius 2 is 2.00 bits per heavy atom. The SMILES string of the molecule is C=CCN1C[C@@H]2CC1c1c(O)n(-c3ccc([N+](=O)[O-])c4ccccc34)c(=O)n12. The van der Waals surface area contributed by atoms with E-state index in [1.54, 1.807) is 28.8 Å². The third kappa shape index (κ3) is 2.06. The van der Waals surface area contributed by atoms with Crippen molar-refractivity contribution in [1.29, 1.82) is 0 Å². The molecule has 1 unspecified atom stereocenters. The van der Waals surface area contributed by atoms with Crippen LogP contribution in [-0.4, -0.2) is 37.2 Å². The first-order valence-corrected chi connectivity index (χ1v) is 9.10. The van der Waals surface area contributed by atoms with E-state index in [4.69, 9.17) is 0 Å². The molecule has 0 aliphatic carbocycles. The quantitative estimate of drug-likeness (QED) is 0.428. The molecule has 0 amide bonds. The largest absolute Gasteiger partial charge is 0.493 e. The lowest BCUT2D eigenvalue weighted by atomic mass is 10.1. The Labute approximate surface area is 159 Å². The average Bonchev–Trinajstić information content (AvgIpc) is 3.33. The molecule has 8 nitrogen and oxygen atoms in total. The van der Waals surface area contributed by atoms with Gasteiger partial charge in [0.2, 0.25) is 5.88 Å². The average molecular weight is 378 g/mol. The Kier molecular flexibility index (Phi) is 3.47. The van der Waals surface area contributed by atoms with Crippen LogP contribution in [0.1, 0.15) is 24.2 Å². The first-order valence-electron chi connectivity index (χ1n) is 9.10. The molecule has 0 spiro atoms. The predicted molar refractivity (Wildman–Crippen MR) is 104 cm³/mol. The predicted octanol–water partition coefficient (Wildman–Crippen LogP) is 2.89. The van der Waals surface area contributed by atoms with Gasteiger partial charge in [-0.25, -0.2) is 9.36 Å². The molecule has 2 bridgehead atoms. The number of imidazole rings is 1. The molecule has 0 saturated carbocycles. The van der Waals surface area contributed by atoms with Gasteiger partial charge < -0.3 is 5.11 Å². The number of rotatable bonds is 4. The van der Waals surface area contributed by atoms with Crippen LogP contribution in [0.4, 0.5) is 5.69 Å².